The number of hydrogen-bond donors (Lipinski definition) is 0. The number of hydrogen-bond acceptors (Lipinski definition) is 3. The van der Waals surface area contributed by atoms with Crippen molar-refractivity contribution in [3.8, 4) is 11.4 Å². The fourth-order valence-corrected chi connectivity index (χ4v) is 4.02. The molecule has 0 unspecified atom stereocenters. The monoisotopic (exact) mass is 419 g/mol. The van der Waals surface area contributed by atoms with Crippen LogP contribution in [0.15, 0.2) is 65.6 Å². The first kappa shape index (κ1) is 18.9. The Kier molecular flexibility index (Phi) is 4.83. The second-order valence-corrected chi connectivity index (χ2v) is 8.25. The van der Waals surface area contributed by atoms with Crippen LogP contribution in [0.5, 0.6) is 5.75 Å². The van der Waals surface area contributed by atoms with E-state index < -0.39 is 0 Å². The van der Waals surface area contributed by atoms with E-state index in [4.69, 9.17) is 21.3 Å². The molecule has 0 atom stereocenters. The zero-order valence-corrected chi connectivity index (χ0v) is 17.5. The van der Waals surface area contributed by atoms with Crippen LogP contribution in [0.1, 0.15) is 36.6 Å². The molecule has 0 saturated heterocycles. The van der Waals surface area contributed by atoms with Crippen LogP contribution in [-0.2, 0) is 13.7 Å². The second-order valence-electron chi connectivity index (χ2n) is 7.82. The standard InChI is InChI=1S/C24H22ClN3O2/c1-27-22-13-19(9-10-21(22)26-24(27)17-3-2-4-17)28-12-11-20(14-23(28)29)30-15-16-5-7-18(25)8-6-16/h5-14,17H,2-4,15H2,1H3. The van der Waals surface area contributed by atoms with Gasteiger partial charge in [-0.2, -0.15) is 0 Å². The van der Waals surface area contributed by atoms with Gasteiger partial charge >= 0.3 is 0 Å². The van der Waals surface area contributed by atoms with Gasteiger partial charge in [0.2, 0.25) is 0 Å². The minimum absolute atomic E-state index is 0.135. The molecule has 1 saturated carbocycles. The van der Waals surface area contributed by atoms with E-state index in [0.29, 0.717) is 23.3 Å². The third-order valence-corrected chi connectivity index (χ3v) is 6.11. The molecular formula is C24H22ClN3O2. The zero-order chi connectivity index (χ0) is 20.7. The Labute approximate surface area is 179 Å². The number of pyridine rings is 1. The molecule has 0 amide bonds. The van der Waals surface area contributed by atoms with Gasteiger partial charge in [-0.25, -0.2) is 4.98 Å². The van der Waals surface area contributed by atoms with E-state index in [9.17, 15) is 4.79 Å². The van der Waals surface area contributed by atoms with Crippen LogP contribution in [0.3, 0.4) is 0 Å². The van der Waals surface area contributed by atoms with Gasteiger partial charge in [-0.05, 0) is 54.8 Å². The maximum atomic E-state index is 12.7. The summed E-state index contributed by atoms with van der Waals surface area (Å²) in [5.74, 6) is 2.25. The minimum atomic E-state index is -0.135. The third-order valence-electron chi connectivity index (χ3n) is 5.86. The van der Waals surface area contributed by atoms with Crippen molar-refractivity contribution in [2.75, 3.05) is 0 Å². The van der Waals surface area contributed by atoms with Gasteiger partial charge in [-0.3, -0.25) is 9.36 Å². The highest BCUT2D eigenvalue weighted by Crippen LogP contribution is 2.37. The van der Waals surface area contributed by atoms with Gasteiger partial charge in [0.15, 0.2) is 0 Å². The Bertz CT molecular complexity index is 1270. The number of fused-ring (bicyclic) bond motifs is 1. The van der Waals surface area contributed by atoms with Gasteiger partial charge in [0, 0.05) is 30.3 Å². The molecule has 4 aromatic rings. The first-order chi connectivity index (χ1) is 14.6. The highest BCUT2D eigenvalue weighted by molar-refractivity contribution is 6.30. The predicted molar refractivity (Wildman–Crippen MR) is 119 cm³/mol. The number of benzene rings is 2. The van der Waals surface area contributed by atoms with Gasteiger partial charge in [0.05, 0.1) is 16.7 Å². The summed E-state index contributed by atoms with van der Waals surface area (Å²) in [6, 6.07) is 16.7. The lowest BCUT2D eigenvalue weighted by Crippen LogP contribution is -2.17. The largest absolute Gasteiger partial charge is 0.489 e. The van der Waals surface area contributed by atoms with Crippen molar-refractivity contribution >= 4 is 22.6 Å². The number of aryl methyl sites for hydroxylation is 1. The molecule has 0 aliphatic heterocycles. The Hall–Kier alpha value is -3.05. The summed E-state index contributed by atoms with van der Waals surface area (Å²) < 4.78 is 9.56. The molecule has 2 aromatic carbocycles. The number of nitrogens with zero attached hydrogens (tertiary/aromatic N) is 3. The number of ether oxygens (including phenoxy) is 1. The number of rotatable bonds is 5. The zero-order valence-electron chi connectivity index (χ0n) is 16.7. The minimum Gasteiger partial charge on any atom is -0.489 e. The van der Waals surface area contributed by atoms with Gasteiger partial charge in [-0.15, -0.1) is 0 Å². The lowest BCUT2D eigenvalue weighted by atomic mass is 9.85. The molecule has 30 heavy (non-hydrogen) atoms. The SMILES string of the molecule is Cn1c(C2CCC2)nc2ccc(-n3ccc(OCc4ccc(Cl)cc4)cc3=O)cc21. The van der Waals surface area contributed by atoms with Crippen LogP contribution in [0, 0.1) is 0 Å². The molecule has 0 radical (unpaired) electrons. The number of halogens is 1. The van der Waals surface area contributed by atoms with Gasteiger partial charge in [-0.1, -0.05) is 30.2 Å². The molecule has 0 bridgehead atoms. The van der Waals surface area contributed by atoms with Crippen LogP contribution in [-0.4, -0.2) is 14.1 Å². The van der Waals surface area contributed by atoms with E-state index in [2.05, 4.69) is 11.6 Å². The topological polar surface area (TPSA) is 49.0 Å². The van der Waals surface area contributed by atoms with Crippen molar-refractivity contribution in [1.82, 2.24) is 14.1 Å². The summed E-state index contributed by atoms with van der Waals surface area (Å²) in [5, 5.41) is 0.687. The summed E-state index contributed by atoms with van der Waals surface area (Å²) >= 11 is 5.91. The van der Waals surface area contributed by atoms with Crippen LogP contribution in [0.4, 0.5) is 0 Å². The molecule has 6 heteroatoms. The smallest absolute Gasteiger partial charge is 0.258 e. The second kappa shape index (κ2) is 7.65. The molecule has 1 aliphatic rings. The van der Waals surface area contributed by atoms with E-state index in [0.717, 1.165) is 28.1 Å². The quantitative estimate of drug-likeness (QED) is 0.445. The van der Waals surface area contributed by atoms with Crippen molar-refractivity contribution < 1.29 is 4.74 Å². The van der Waals surface area contributed by atoms with Crippen molar-refractivity contribution in [1.29, 1.82) is 0 Å². The van der Waals surface area contributed by atoms with Gasteiger partial charge in [0.1, 0.15) is 18.2 Å². The molecular weight excluding hydrogens is 398 g/mol. The van der Waals surface area contributed by atoms with E-state index in [1.165, 1.54) is 25.3 Å². The van der Waals surface area contributed by atoms with Crippen LogP contribution in [0.25, 0.3) is 16.7 Å². The van der Waals surface area contributed by atoms with Gasteiger partial charge in [0.25, 0.3) is 5.56 Å². The summed E-state index contributed by atoms with van der Waals surface area (Å²) in [6.45, 7) is 0.381. The molecule has 2 heterocycles. The van der Waals surface area contributed by atoms with Gasteiger partial charge < -0.3 is 9.30 Å². The Balaban J connectivity index is 1.39. The van der Waals surface area contributed by atoms with E-state index >= 15 is 0 Å². The average molecular weight is 420 g/mol. The summed E-state index contributed by atoms with van der Waals surface area (Å²) in [6.07, 6.45) is 5.45. The van der Waals surface area contributed by atoms with E-state index in [-0.39, 0.29) is 5.56 Å². The van der Waals surface area contributed by atoms with E-state index in [1.54, 1.807) is 10.8 Å². The fourth-order valence-electron chi connectivity index (χ4n) is 3.89. The summed E-state index contributed by atoms with van der Waals surface area (Å²) in [4.78, 5) is 17.5. The van der Waals surface area contributed by atoms with Crippen LogP contribution in [0.2, 0.25) is 5.02 Å². The van der Waals surface area contributed by atoms with Crippen molar-refractivity contribution in [2.45, 2.75) is 31.8 Å². The van der Waals surface area contributed by atoms with Crippen molar-refractivity contribution in [3.05, 3.63) is 87.6 Å². The van der Waals surface area contributed by atoms with Crippen molar-refractivity contribution in [3.63, 3.8) is 0 Å². The lowest BCUT2D eigenvalue weighted by molar-refractivity contribution is 0.305. The number of aromatic nitrogens is 3. The maximum absolute atomic E-state index is 12.7. The molecule has 5 nitrogen and oxygen atoms in total. The third kappa shape index (κ3) is 3.50. The summed E-state index contributed by atoms with van der Waals surface area (Å²) in [7, 11) is 2.06. The first-order valence-electron chi connectivity index (χ1n) is 10.2. The molecule has 2 aromatic heterocycles. The first-order valence-corrected chi connectivity index (χ1v) is 10.5. The summed E-state index contributed by atoms with van der Waals surface area (Å²) in [5.41, 5.74) is 3.69. The Morgan fingerprint density at radius 2 is 1.90 bits per heavy atom. The molecule has 0 N–H and O–H groups in total. The van der Waals surface area contributed by atoms with Crippen molar-refractivity contribution in [2.24, 2.45) is 7.05 Å². The predicted octanol–water partition coefficient (Wildman–Crippen LogP) is 5.22. The highest BCUT2D eigenvalue weighted by atomic mass is 35.5. The van der Waals surface area contributed by atoms with E-state index in [1.807, 2.05) is 48.5 Å². The molecule has 1 fully saturated rings. The Morgan fingerprint density at radius 1 is 1.10 bits per heavy atom. The fraction of sp³-hybridized carbons (Fsp3) is 0.250. The lowest BCUT2D eigenvalue weighted by Gasteiger charge is -2.24. The van der Waals surface area contributed by atoms with Crippen LogP contribution >= 0.6 is 11.6 Å². The average Bonchev–Trinajstić information content (AvgIpc) is 3.02. The highest BCUT2D eigenvalue weighted by Gasteiger charge is 2.24. The Morgan fingerprint density at radius 3 is 2.60 bits per heavy atom. The molecule has 0 spiro atoms. The molecule has 1 aliphatic carbocycles. The van der Waals surface area contributed by atoms with Crippen LogP contribution < -0.4 is 10.3 Å². The molecule has 5 rings (SSSR count). The normalized spacial score (nSPS) is 14.1. The molecule has 152 valence electrons. The number of imidazole rings is 1. The maximum Gasteiger partial charge on any atom is 0.258 e.